The van der Waals surface area contributed by atoms with Gasteiger partial charge in [-0.2, -0.15) is 0 Å². The average molecular weight is 546 g/mol. The molecule has 0 aliphatic rings. The Labute approximate surface area is 238 Å². The van der Waals surface area contributed by atoms with Crippen molar-refractivity contribution in [3.8, 4) is 0 Å². The molecule has 40 heavy (non-hydrogen) atoms. The topological polar surface area (TPSA) is 87.7 Å². The third-order valence-corrected chi connectivity index (χ3v) is 6.41. The third kappa shape index (κ3) is 8.31. The predicted octanol–water partition coefficient (Wildman–Crippen LogP) is 7.00. The van der Waals surface area contributed by atoms with Crippen molar-refractivity contribution in [3.63, 3.8) is 0 Å². The quantitative estimate of drug-likeness (QED) is 0.303. The van der Waals surface area contributed by atoms with Gasteiger partial charge in [-0.25, -0.2) is 4.79 Å². The number of alkyl carbamates (subject to hydrolysis) is 1. The van der Waals surface area contributed by atoms with E-state index in [1.54, 1.807) is 25.7 Å². The zero-order chi connectivity index (χ0) is 29.6. The molecule has 2 unspecified atom stereocenters. The number of anilines is 1. The van der Waals surface area contributed by atoms with E-state index < -0.39 is 23.8 Å². The van der Waals surface area contributed by atoms with Gasteiger partial charge in [0, 0.05) is 11.7 Å². The highest BCUT2D eigenvalue weighted by Gasteiger charge is 2.38. The van der Waals surface area contributed by atoms with Crippen molar-refractivity contribution < 1.29 is 19.1 Å². The first-order valence-electron chi connectivity index (χ1n) is 13.9. The van der Waals surface area contributed by atoms with Crippen molar-refractivity contribution in [2.75, 3.05) is 5.32 Å². The Morgan fingerprint density at radius 1 is 0.875 bits per heavy atom. The lowest BCUT2D eigenvalue weighted by Crippen LogP contribution is -2.54. The number of nitrogens with zero attached hydrogens (tertiary/aromatic N) is 1. The first-order chi connectivity index (χ1) is 18.7. The highest BCUT2D eigenvalue weighted by atomic mass is 16.6. The molecule has 0 aliphatic carbocycles. The number of hydrogen-bond acceptors (Lipinski definition) is 4. The van der Waals surface area contributed by atoms with E-state index in [1.807, 2.05) is 101 Å². The number of amides is 3. The van der Waals surface area contributed by atoms with E-state index in [0.29, 0.717) is 17.7 Å². The largest absolute Gasteiger partial charge is 0.444 e. The maximum absolute atomic E-state index is 14.2. The van der Waals surface area contributed by atoms with Gasteiger partial charge in [-0.05, 0) is 82.3 Å². The summed E-state index contributed by atoms with van der Waals surface area (Å²) in [5.74, 6) is -0.556. The normalized spacial score (nSPS) is 13.2. The first-order valence-corrected chi connectivity index (χ1v) is 13.9. The van der Waals surface area contributed by atoms with E-state index in [1.165, 1.54) is 0 Å². The molecular formula is C33H43N3O4. The minimum absolute atomic E-state index is 0.113. The van der Waals surface area contributed by atoms with Gasteiger partial charge >= 0.3 is 6.09 Å². The van der Waals surface area contributed by atoms with Crippen molar-refractivity contribution in [1.29, 1.82) is 0 Å². The average Bonchev–Trinajstić information content (AvgIpc) is 2.84. The van der Waals surface area contributed by atoms with Gasteiger partial charge in [0.05, 0.1) is 0 Å². The number of hydrogen-bond donors (Lipinski definition) is 2. The molecule has 3 aromatic rings. The number of carbonyl (C=O) groups is 3. The van der Waals surface area contributed by atoms with Gasteiger partial charge in [-0.3, -0.25) is 9.59 Å². The van der Waals surface area contributed by atoms with Crippen LogP contribution < -0.4 is 10.6 Å². The SMILES string of the molecule is Cc1cccc(C(C(=O)Nc2ccc3ccccc3c2)N(C(=O)C(CC(C)C)NC(=O)OC(C)(C)C)C(C)C)c1. The molecule has 2 atom stereocenters. The fourth-order valence-electron chi connectivity index (χ4n) is 4.76. The summed E-state index contributed by atoms with van der Waals surface area (Å²) in [6.07, 6.45) is -0.267. The zero-order valence-corrected chi connectivity index (χ0v) is 24.9. The van der Waals surface area contributed by atoms with Gasteiger partial charge in [-0.15, -0.1) is 0 Å². The van der Waals surface area contributed by atoms with E-state index in [-0.39, 0.29) is 23.8 Å². The van der Waals surface area contributed by atoms with Gasteiger partial charge in [0.2, 0.25) is 5.91 Å². The van der Waals surface area contributed by atoms with Crippen LogP contribution in [0.3, 0.4) is 0 Å². The molecule has 7 nitrogen and oxygen atoms in total. The second kappa shape index (κ2) is 13.0. The molecule has 3 rings (SSSR count). The summed E-state index contributed by atoms with van der Waals surface area (Å²) in [7, 11) is 0. The van der Waals surface area contributed by atoms with Gasteiger partial charge < -0.3 is 20.3 Å². The van der Waals surface area contributed by atoms with Crippen molar-refractivity contribution in [1.82, 2.24) is 10.2 Å². The Hall–Kier alpha value is -3.87. The molecule has 0 aromatic heterocycles. The molecule has 0 saturated heterocycles. The standard InChI is InChI=1S/C33H43N3O4/c1-21(2)18-28(35-32(39)40-33(6,7)8)31(38)36(22(3)4)29(26-15-11-12-23(5)19-26)30(37)34-27-17-16-24-13-9-10-14-25(24)20-27/h9-17,19-22,28-29H,18H2,1-8H3,(H,34,37)(H,35,39). The molecule has 0 aliphatic heterocycles. The maximum atomic E-state index is 14.2. The van der Waals surface area contributed by atoms with Gasteiger partial charge in [0.25, 0.3) is 5.91 Å². The molecule has 0 radical (unpaired) electrons. The van der Waals surface area contributed by atoms with Crippen molar-refractivity contribution >= 4 is 34.4 Å². The number of carbonyl (C=O) groups excluding carboxylic acids is 3. The molecule has 0 saturated carbocycles. The molecular weight excluding hydrogens is 502 g/mol. The predicted molar refractivity (Wildman–Crippen MR) is 161 cm³/mol. The number of ether oxygens (including phenoxy) is 1. The lowest BCUT2D eigenvalue weighted by molar-refractivity contribution is -0.143. The highest BCUT2D eigenvalue weighted by molar-refractivity contribution is 6.00. The van der Waals surface area contributed by atoms with Crippen LogP contribution in [0, 0.1) is 12.8 Å². The molecule has 7 heteroatoms. The van der Waals surface area contributed by atoms with Crippen LogP contribution in [-0.4, -0.2) is 40.5 Å². The van der Waals surface area contributed by atoms with Crippen LogP contribution in [0.1, 0.15) is 72.1 Å². The Balaban J connectivity index is 2.01. The molecule has 0 fully saturated rings. The molecule has 2 N–H and O–H groups in total. The number of rotatable bonds is 9. The monoisotopic (exact) mass is 545 g/mol. The fraction of sp³-hybridized carbons (Fsp3) is 0.424. The number of aryl methyl sites for hydroxylation is 1. The van der Waals surface area contributed by atoms with Crippen molar-refractivity contribution in [3.05, 3.63) is 77.9 Å². The molecule has 214 valence electrons. The minimum Gasteiger partial charge on any atom is -0.444 e. The van der Waals surface area contributed by atoms with E-state index >= 15 is 0 Å². The molecule has 0 bridgehead atoms. The molecule has 0 spiro atoms. The Morgan fingerprint density at radius 3 is 2.15 bits per heavy atom. The lowest BCUT2D eigenvalue weighted by Gasteiger charge is -2.37. The summed E-state index contributed by atoms with van der Waals surface area (Å²) >= 11 is 0. The first kappa shape index (κ1) is 30.7. The van der Waals surface area contributed by atoms with Gasteiger partial charge in [0.15, 0.2) is 0 Å². The zero-order valence-electron chi connectivity index (χ0n) is 24.9. The Morgan fingerprint density at radius 2 is 1.55 bits per heavy atom. The van der Waals surface area contributed by atoms with E-state index in [9.17, 15) is 14.4 Å². The van der Waals surface area contributed by atoms with E-state index in [0.717, 1.165) is 16.3 Å². The second-order valence-electron chi connectivity index (χ2n) is 12.0. The van der Waals surface area contributed by atoms with Crippen LogP contribution in [0.15, 0.2) is 66.7 Å². The lowest BCUT2D eigenvalue weighted by atomic mass is 9.97. The summed E-state index contributed by atoms with van der Waals surface area (Å²) in [6, 6.07) is 19.2. The third-order valence-electron chi connectivity index (χ3n) is 6.41. The summed E-state index contributed by atoms with van der Waals surface area (Å²) in [4.78, 5) is 42.6. The van der Waals surface area contributed by atoms with Crippen molar-refractivity contribution in [2.24, 2.45) is 5.92 Å². The Kier molecular flexibility index (Phi) is 9.96. The number of benzene rings is 3. The van der Waals surface area contributed by atoms with E-state index in [4.69, 9.17) is 4.74 Å². The maximum Gasteiger partial charge on any atom is 0.408 e. The molecule has 3 amide bonds. The molecule has 0 heterocycles. The molecule has 3 aromatic carbocycles. The minimum atomic E-state index is -0.922. The van der Waals surface area contributed by atoms with Crippen LogP contribution in [0.25, 0.3) is 10.8 Å². The smallest absolute Gasteiger partial charge is 0.408 e. The van der Waals surface area contributed by atoms with Crippen LogP contribution in [0.5, 0.6) is 0 Å². The highest BCUT2D eigenvalue weighted by Crippen LogP contribution is 2.29. The van der Waals surface area contributed by atoms with Crippen LogP contribution >= 0.6 is 0 Å². The van der Waals surface area contributed by atoms with Crippen LogP contribution in [-0.2, 0) is 14.3 Å². The van der Waals surface area contributed by atoms with Crippen LogP contribution in [0.2, 0.25) is 0 Å². The van der Waals surface area contributed by atoms with Gasteiger partial charge in [0.1, 0.15) is 17.7 Å². The van der Waals surface area contributed by atoms with Gasteiger partial charge in [-0.1, -0.05) is 74.0 Å². The fourth-order valence-corrected chi connectivity index (χ4v) is 4.76. The van der Waals surface area contributed by atoms with E-state index in [2.05, 4.69) is 10.6 Å². The summed E-state index contributed by atoms with van der Waals surface area (Å²) in [6.45, 7) is 15.0. The summed E-state index contributed by atoms with van der Waals surface area (Å²) < 4.78 is 5.46. The summed E-state index contributed by atoms with van der Waals surface area (Å²) in [5, 5.41) is 7.90. The van der Waals surface area contributed by atoms with Crippen molar-refractivity contribution in [2.45, 2.75) is 85.5 Å². The second-order valence-corrected chi connectivity index (χ2v) is 12.0. The number of nitrogens with one attached hydrogen (secondary N) is 2. The number of fused-ring (bicyclic) bond motifs is 1. The Bertz CT molecular complexity index is 1340. The van der Waals surface area contributed by atoms with Crippen LogP contribution in [0.4, 0.5) is 10.5 Å². The summed E-state index contributed by atoms with van der Waals surface area (Å²) in [5.41, 5.74) is 1.60.